The van der Waals surface area contributed by atoms with Gasteiger partial charge in [-0.2, -0.15) is 0 Å². The van der Waals surface area contributed by atoms with Crippen molar-refractivity contribution < 1.29 is 14.3 Å². The van der Waals surface area contributed by atoms with E-state index in [1.165, 1.54) is 0 Å². The van der Waals surface area contributed by atoms with Crippen LogP contribution in [0.25, 0.3) is 0 Å². The maximum Gasteiger partial charge on any atom is 0.410 e. The van der Waals surface area contributed by atoms with Crippen LogP contribution in [0.15, 0.2) is 18.2 Å². The van der Waals surface area contributed by atoms with Gasteiger partial charge in [0.15, 0.2) is 0 Å². The topological polar surface area (TPSA) is 58.6 Å². The number of benzene rings is 1. The van der Waals surface area contributed by atoms with E-state index in [0.29, 0.717) is 25.9 Å². The summed E-state index contributed by atoms with van der Waals surface area (Å²) in [7, 11) is 0. The zero-order valence-corrected chi connectivity index (χ0v) is 15.8. The molecule has 6 heteroatoms. The molecule has 1 aromatic carbocycles. The number of hydrogen-bond donors (Lipinski definition) is 1. The average molecular weight is 428 g/mol. The number of likely N-dealkylation sites (tertiary alicyclic amines) is 1. The van der Waals surface area contributed by atoms with Crippen LogP contribution in [0.1, 0.15) is 39.2 Å². The van der Waals surface area contributed by atoms with Crippen molar-refractivity contribution in [3.05, 3.63) is 27.3 Å². The lowest BCUT2D eigenvalue weighted by atomic mass is 9.74. The highest BCUT2D eigenvalue weighted by Crippen LogP contribution is 2.45. The zero-order valence-electron chi connectivity index (χ0n) is 13.6. The molecule has 3 rings (SSSR count). The molecule has 5 nitrogen and oxygen atoms in total. The first-order valence-electron chi connectivity index (χ1n) is 7.81. The number of halogens is 1. The highest BCUT2D eigenvalue weighted by molar-refractivity contribution is 14.1. The maximum absolute atomic E-state index is 12.6. The van der Waals surface area contributed by atoms with Crippen LogP contribution in [0, 0.1) is 3.57 Å². The Bertz CT molecular complexity index is 658. The molecule has 23 heavy (non-hydrogen) atoms. The predicted octanol–water partition coefficient (Wildman–Crippen LogP) is 3.51. The first-order valence-corrected chi connectivity index (χ1v) is 8.89. The number of hydrogen-bond acceptors (Lipinski definition) is 3. The summed E-state index contributed by atoms with van der Waals surface area (Å²) in [5.74, 6) is 0.0540. The number of fused-ring (bicyclic) bond motifs is 2. The van der Waals surface area contributed by atoms with Crippen LogP contribution in [-0.4, -0.2) is 35.6 Å². The third-order valence-electron chi connectivity index (χ3n) is 4.45. The van der Waals surface area contributed by atoms with E-state index in [-0.39, 0.29) is 12.0 Å². The second-order valence-electron chi connectivity index (χ2n) is 7.19. The van der Waals surface area contributed by atoms with E-state index in [0.717, 1.165) is 14.8 Å². The molecule has 0 radical (unpaired) electrons. The van der Waals surface area contributed by atoms with Gasteiger partial charge in [-0.05, 0) is 80.0 Å². The van der Waals surface area contributed by atoms with E-state index in [4.69, 9.17) is 4.74 Å². The Hall–Kier alpha value is -1.31. The van der Waals surface area contributed by atoms with E-state index >= 15 is 0 Å². The van der Waals surface area contributed by atoms with Gasteiger partial charge in [0.05, 0.1) is 5.41 Å². The molecule has 2 aliphatic heterocycles. The molecule has 0 unspecified atom stereocenters. The minimum absolute atomic E-state index is 0.0540. The minimum Gasteiger partial charge on any atom is -0.444 e. The van der Waals surface area contributed by atoms with Gasteiger partial charge in [0.25, 0.3) is 0 Å². The van der Waals surface area contributed by atoms with Crippen LogP contribution < -0.4 is 5.32 Å². The lowest BCUT2D eigenvalue weighted by molar-refractivity contribution is -0.122. The number of piperidine rings is 1. The molecule has 124 valence electrons. The molecule has 0 saturated carbocycles. The molecule has 2 amide bonds. The molecule has 1 aromatic rings. The third-order valence-corrected chi connectivity index (χ3v) is 5.12. The summed E-state index contributed by atoms with van der Waals surface area (Å²) in [6.07, 6.45) is 0.963. The Morgan fingerprint density at radius 3 is 2.57 bits per heavy atom. The van der Waals surface area contributed by atoms with Crippen molar-refractivity contribution in [1.82, 2.24) is 4.90 Å². The van der Waals surface area contributed by atoms with E-state index < -0.39 is 11.0 Å². The molecule has 2 heterocycles. The number of rotatable bonds is 0. The fourth-order valence-corrected chi connectivity index (χ4v) is 3.77. The van der Waals surface area contributed by atoms with Crippen LogP contribution in [0.4, 0.5) is 10.5 Å². The fraction of sp³-hybridized carbons (Fsp3) is 0.529. The van der Waals surface area contributed by atoms with Gasteiger partial charge in [0.1, 0.15) is 5.60 Å². The van der Waals surface area contributed by atoms with E-state index in [1.54, 1.807) is 4.90 Å². The molecule has 1 fully saturated rings. The van der Waals surface area contributed by atoms with E-state index in [2.05, 4.69) is 34.0 Å². The number of nitrogens with zero attached hydrogens (tertiary/aromatic N) is 1. The molecule has 0 aliphatic carbocycles. The van der Waals surface area contributed by atoms with Crippen molar-refractivity contribution in [3.63, 3.8) is 0 Å². The van der Waals surface area contributed by atoms with Crippen LogP contribution in [0.2, 0.25) is 0 Å². The summed E-state index contributed by atoms with van der Waals surface area (Å²) in [4.78, 5) is 26.5. The van der Waals surface area contributed by atoms with Crippen molar-refractivity contribution in [2.45, 2.75) is 44.6 Å². The highest BCUT2D eigenvalue weighted by Gasteiger charge is 2.49. The second kappa shape index (κ2) is 5.65. The molecule has 1 saturated heterocycles. The predicted molar refractivity (Wildman–Crippen MR) is 96.5 cm³/mol. The lowest BCUT2D eigenvalue weighted by Gasteiger charge is -2.38. The first-order chi connectivity index (χ1) is 10.7. The summed E-state index contributed by atoms with van der Waals surface area (Å²) in [6.45, 7) is 6.65. The quantitative estimate of drug-likeness (QED) is 0.644. The van der Waals surface area contributed by atoms with Crippen molar-refractivity contribution in [3.8, 4) is 0 Å². The molecule has 0 aromatic heterocycles. The molecule has 0 bridgehead atoms. The summed E-state index contributed by atoms with van der Waals surface area (Å²) >= 11 is 2.27. The van der Waals surface area contributed by atoms with Crippen LogP contribution >= 0.6 is 22.6 Å². The number of carbonyl (C=O) groups is 2. The van der Waals surface area contributed by atoms with Gasteiger partial charge in [-0.25, -0.2) is 4.79 Å². The normalized spacial score (nSPS) is 19.5. The van der Waals surface area contributed by atoms with Gasteiger partial charge in [-0.1, -0.05) is 0 Å². The van der Waals surface area contributed by atoms with Crippen molar-refractivity contribution in [1.29, 1.82) is 0 Å². The Kier molecular flexibility index (Phi) is 4.06. The molecule has 1 N–H and O–H groups in total. The highest BCUT2D eigenvalue weighted by atomic mass is 127. The first kappa shape index (κ1) is 16.5. The number of carbonyl (C=O) groups excluding carboxylic acids is 2. The summed E-state index contributed by atoms with van der Waals surface area (Å²) in [5, 5.41) is 2.99. The Labute approximate surface area is 149 Å². The molecule has 0 atom stereocenters. The smallest absolute Gasteiger partial charge is 0.410 e. The number of amides is 2. The van der Waals surface area contributed by atoms with Crippen molar-refractivity contribution in [2.75, 3.05) is 18.4 Å². The Balaban J connectivity index is 1.78. The van der Waals surface area contributed by atoms with Gasteiger partial charge in [-0.15, -0.1) is 0 Å². The Morgan fingerprint density at radius 1 is 1.30 bits per heavy atom. The van der Waals surface area contributed by atoms with Crippen LogP contribution in [0.3, 0.4) is 0 Å². The van der Waals surface area contributed by atoms with Gasteiger partial charge in [0, 0.05) is 22.3 Å². The second-order valence-corrected chi connectivity index (χ2v) is 8.44. The summed E-state index contributed by atoms with van der Waals surface area (Å²) in [5.41, 5.74) is 0.966. The average Bonchev–Trinajstić information content (AvgIpc) is 2.71. The van der Waals surface area contributed by atoms with Gasteiger partial charge in [0.2, 0.25) is 5.91 Å². The maximum atomic E-state index is 12.6. The molecule has 2 aliphatic rings. The third kappa shape index (κ3) is 3.05. The van der Waals surface area contributed by atoms with E-state index in [9.17, 15) is 9.59 Å². The monoisotopic (exact) mass is 428 g/mol. The number of nitrogens with one attached hydrogen (secondary N) is 1. The van der Waals surface area contributed by atoms with Crippen LogP contribution in [0.5, 0.6) is 0 Å². The summed E-state index contributed by atoms with van der Waals surface area (Å²) < 4.78 is 6.55. The number of ether oxygens (including phenoxy) is 1. The Morgan fingerprint density at radius 2 is 1.96 bits per heavy atom. The SMILES string of the molecule is CC(C)(C)OC(=O)N1CCC2(CC1)C(=O)Nc1ccc(I)cc12. The fourth-order valence-electron chi connectivity index (χ4n) is 3.28. The standard InChI is InChI=1S/C17H21IN2O3/c1-16(2,3)23-15(22)20-8-6-17(7-9-20)12-10-11(18)4-5-13(12)19-14(17)21/h4-5,10H,6-9H2,1-3H3,(H,19,21). The molecule has 1 spiro atoms. The van der Waals surface area contributed by atoms with Gasteiger partial charge in [-0.3, -0.25) is 4.79 Å². The molecular weight excluding hydrogens is 407 g/mol. The number of anilines is 1. The zero-order chi connectivity index (χ0) is 16.8. The van der Waals surface area contributed by atoms with Gasteiger partial charge < -0.3 is 15.0 Å². The van der Waals surface area contributed by atoms with Crippen molar-refractivity contribution in [2.24, 2.45) is 0 Å². The van der Waals surface area contributed by atoms with E-state index in [1.807, 2.05) is 32.9 Å². The largest absolute Gasteiger partial charge is 0.444 e. The van der Waals surface area contributed by atoms with Crippen molar-refractivity contribution >= 4 is 40.3 Å². The van der Waals surface area contributed by atoms with Gasteiger partial charge >= 0.3 is 6.09 Å². The molecular formula is C17H21IN2O3. The lowest BCUT2D eigenvalue weighted by Crippen LogP contribution is -2.49. The van der Waals surface area contributed by atoms with Crippen LogP contribution in [-0.2, 0) is 14.9 Å². The summed E-state index contributed by atoms with van der Waals surface area (Å²) in [6, 6.07) is 6.04. The minimum atomic E-state index is -0.505.